The molecule has 0 heterocycles. The molecule has 0 bridgehead atoms. The van der Waals surface area contributed by atoms with E-state index in [1.807, 2.05) is 0 Å². The Hall–Kier alpha value is -0.640. The third-order valence-corrected chi connectivity index (χ3v) is 3.65. The van der Waals surface area contributed by atoms with Crippen molar-refractivity contribution in [3.05, 3.63) is 22.2 Å². The van der Waals surface area contributed by atoms with E-state index in [0.29, 0.717) is 15.7 Å². The quantitative estimate of drug-likeness (QED) is 0.593. The number of nitrogens with two attached hydrogens (primary N) is 1. The molecule has 0 saturated heterocycles. The highest BCUT2D eigenvalue weighted by atomic mass is 35.5. The van der Waals surface area contributed by atoms with Crippen LogP contribution in [0.4, 0.5) is 11.4 Å². The number of nitrogen functional groups attached to an aromatic ring is 1. The van der Waals surface area contributed by atoms with E-state index in [4.69, 9.17) is 33.7 Å². The molecule has 0 unspecified atom stereocenters. The van der Waals surface area contributed by atoms with Crippen LogP contribution < -0.4 is 11.1 Å². The van der Waals surface area contributed by atoms with Crippen molar-refractivity contribution >= 4 is 34.6 Å². The van der Waals surface area contributed by atoms with Gasteiger partial charge in [0.25, 0.3) is 0 Å². The van der Waals surface area contributed by atoms with Crippen LogP contribution in [0.2, 0.25) is 10.0 Å². The molecular formula is C13H18Cl2N2O. The van der Waals surface area contributed by atoms with Crippen LogP contribution in [0.3, 0.4) is 0 Å². The highest BCUT2D eigenvalue weighted by Crippen LogP contribution is 2.30. The molecule has 0 aromatic heterocycles. The highest BCUT2D eigenvalue weighted by molar-refractivity contribution is 6.42. The van der Waals surface area contributed by atoms with Gasteiger partial charge in [-0.1, -0.05) is 23.2 Å². The van der Waals surface area contributed by atoms with E-state index in [-0.39, 0.29) is 0 Å². The van der Waals surface area contributed by atoms with Crippen LogP contribution in [0.5, 0.6) is 0 Å². The number of rotatable bonds is 7. The second-order valence-corrected chi connectivity index (χ2v) is 5.47. The highest BCUT2D eigenvalue weighted by Gasteiger charge is 2.20. The molecule has 0 spiro atoms. The van der Waals surface area contributed by atoms with Crippen molar-refractivity contribution in [1.29, 1.82) is 0 Å². The second kappa shape index (κ2) is 6.50. The first-order chi connectivity index (χ1) is 8.66. The number of nitrogens with one attached hydrogen (secondary N) is 1. The lowest BCUT2D eigenvalue weighted by Gasteiger charge is -2.10. The van der Waals surface area contributed by atoms with Gasteiger partial charge in [-0.25, -0.2) is 0 Å². The standard InChI is InChI=1S/C13H18Cl2N2O/c14-10-6-12(16)13(7-11(10)15)17-4-1-5-18-8-9-2-3-9/h6-7,9,17H,1-5,8,16H2. The average Bonchev–Trinajstić information content (AvgIpc) is 3.13. The summed E-state index contributed by atoms with van der Waals surface area (Å²) in [7, 11) is 0. The van der Waals surface area contributed by atoms with Crippen molar-refractivity contribution < 1.29 is 4.74 Å². The molecule has 1 aromatic carbocycles. The Kier molecular flexibility index (Phi) is 4.98. The molecule has 0 atom stereocenters. The van der Waals surface area contributed by atoms with Crippen LogP contribution in [0.15, 0.2) is 12.1 Å². The Labute approximate surface area is 118 Å². The molecule has 1 saturated carbocycles. The third-order valence-electron chi connectivity index (χ3n) is 2.92. The van der Waals surface area contributed by atoms with E-state index in [1.165, 1.54) is 12.8 Å². The summed E-state index contributed by atoms with van der Waals surface area (Å²) in [6, 6.07) is 3.42. The monoisotopic (exact) mass is 288 g/mol. The van der Waals surface area contributed by atoms with Gasteiger partial charge in [-0.3, -0.25) is 0 Å². The van der Waals surface area contributed by atoms with Gasteiger partial charge in [0.1, 0.15) is 0 Å². The maximum Gasteiger partial charge on any atom is 0.0614 e. The summed E-state index contributed by atoms with van der Waals surface area (Å²) in [6.07, 6.45) is 3.61. The molecule has 0 radical (unpaired) electrons. The number of ether oxygens (including phenoxy) is 1. The van der Waals surface area contributed by atoms with Gasteiger partial charge in [-0.15, -0.1) is 0 Å². The molecule has 1 aromatic rings. The van der Waals surface area contributed by atoms with Gasteiger partial charge in [-0.05, 0) is 37.3 Å². The first-order valence-corrected chi connectivity index (χ1v) is 6.98. The van der Waals surface area contributed by atoms with Crippen LogP contribution in [0.1, 0.15) is 19.3 Å². The molecule has 18 heavy (non-hydrogen) atoms. The van der Waals surface area contributed by atoms with Gasteiger partial charge in [0.15, 0.2) is 0 Å². The predicted octanol–water partition coefficient (Wildman–Crippen LogP) is 3.80. The smallest absolute Gasteiger partial charge is 0.0614 e. The minimum atomic E-state index is 0.479. The van der Waals surface area contributed by atoms with E-state index in [9.17, 15) is 0 Å². The summed E-state index contributed by atoms with van der Waals surface area (Å²) in [6.45, 7) is 2.51. The molecule has 3 N–H and O–H groups in total. The summed E-state index contributed by atoms with van der Waals surface area (Å²) in [5.41, 5.74) is 7.28. The normalized spacial score (nSPS) is 14.8. The zero-order chi connectivity index (χ0) is 13.0. The largest absolute Gasteiger partial charge is 0.397 e. The van der Waals surface area contributed by atoms with Crippen molar-refractivity contribution in [3.8, 4) is 0 Å². The lowest BCUT2D eigenvalue weighted by atomic mass is 10.2. The first-order valence-electron chi connectivity index (χ1n) is 6.23. The van der Waals surface area contributed by atoms with E-state index < -0.39 is 0 Å². The van der Waals surface area contributed by atoms with Crippen molar-refractivity contribution in [1.82, 2.24) is 0 Å². The Balaban J connectivity index is 1.67. The summed E-state index contributed by atoms with van der Waals surface area (Å²) in [5.74, 6) is 0.823. The maximum absolute atomic E-state index is 5.94. The fraction of sp³-hybridized carbons (Fsp3) is 0.538. The molecule has 1 aliphatic rings. The zero-order valence-electron chi connectivity index (χ0n) is 10.2. The van der Waals surface area contributed by atoms with Crippen LogP contribution >= 0.6 is 23.2 Å². The minimum Gasteiger partial charge on any atom is -0.397 e. The van der Waals surface area contributed by atoms with E-state index in [0.717, 1.165) is 37.8 Å². The fourth-order valence-electron chi connectivity index (χ4n) is 1.65. The lowest BCUT2D eigenvalue weighted by molar-refractivity contribution is 0.124. The summed E-state index contributed by atoms with van der Waals surface area (Å²) in [5, 5.41) is 4.23. The Morgan fingerprint density at radius 2 is 2.00 bits per heavy atom. The van der Waals surface area contributed by atoms with Gasteiger partial charge in [0.2, 0.25) is 0 Å². The van der Waals surface area contributed by atoms with Crippen LogP contribution in [-0.2, 0) is 4.74 Å². The van der Waals surface area contributed by atoms with Crippen molar-refractivity contribution in [2.45, 2.75) is 19.3 Å². The van der Waals surface area contributed by atoms with E-state index in [2.05, 4.69) is 5.32 Å². The molecule has 1 aliphatic carbocycles. The average molecular weight is 289 g/mol. The summed E-state index contributed by atoms with van der Waals surface area (Å²) < 4.78 is 5.55. The molecular weight excluding hydrogens is 271 g/mol. The van der Waals surface area contributed by atoms with Crippen molar-refractivity contribution in [3.63, 3.8) is 0 Å². The zero-order valence-corrected chi connectivity index (χ0v) is 11.7. The molecule has 100 valence electrons. The Morgan fingerprint density at radius 3 is 2.72 bits per heavy atom. The van der Waals surface area contributed by atoms with E-state index in [1.54, 1.807) is 12.1 Å². The number of hydrogen-bond acceptors (Lipinski definition) is 3. The second-order valence-electron chi connectivity index (χ2n) is 4.65. The molecule has 2 rings (SSSR count). The molecule has 1 fully saturated rings. The molecule has 5 heteroatoms. The van der Waals surface area contributed by atoms with Crippen LogP contribution in [-0.4, -0.2) is 19.8 Å². The number of hydrogen-bond donors (Lipinski definition) is 2. The number of benzene rings is 1. The van der Waals surface area contributed by atoms with Crippen LogP contribution in [0.25, 0.3) is 0 Å². The Bertz CT molecular complexity index is 408. The van der Waals surface area contributed by atoms with Gasteiger partial charge in [0.05, 0.1) is 21.4 Å². The van der Waals surface area contributed by atoms with Crippen LogP contribution in [0, 0.1) is 5.92 Å². The first kappa shape index (κ1) is 13.8. The lowest BCUT2D eigenvalue weighted by Crippen LogP contribution is -2.08. The number of halogens is 2. The van der Waals surface area contributed by atoms with Gasteiger partial charge in [0, 0.05) is 19.8 Å². The predicted molar refractivity (Wildman–Crippen MR) is 77.5 cm³/mol. The molecule has 3 nitrogen and oxygen atoms in total. The fourth-order valence-corrected chi connectivity index (χ4v) is 1.98. The third kappa shape index (κ3) is 4.23. The summed E-state index contributed by atoms with van der Waals surface area (Å²) >= 11 is 11.8. The van der Waals surface area contributed by atoms with Gasteiger partial charge in [-0.2, -0.15) is 0 Å². The molecule has 0 aliphatic heterocycles. The summed E-state index contributed by atoms with van der Waals surface area (Å²) in [4.78, 5) is 0. The molecule has 0 amide bonds. The van der Waals surface area contributed by atoms with Crippen molar-refractivity contribution in [2.24, 2.45) is 5.92 Å². The minimum absolute atomic E-state index is 0.479. The van der Waals surface area contributed by atoms with Crippen molar-refractivity contribution in [2.75, 3.05) is 30.8 Å². The maximum atomic E-state index is 5.94. The Morgan fingerprint density at radius 1 is 1.28 bits per heavy atom. The van der Waals surface area contributed by atoms with Gasteiger partial charge < -0.3 is 15.8 Å². The number of anilines is 2. The SMILES string of the molecule is Nc1cc(Cl)c(Cl)cc1NCCCOCC1CC1. The van der Waals surface area contributed by atoms with E-state index >= 15 is 0 Å². The topological polar surface area (TPSA) is 47.3 Å². The van der Waals surface area contributed by atoms with Gasteiger partial charge >= 0.3 is 0 Å².